The van der Waals surface area contributed by atoms with Gasteiger partial charge in [0.2, 0.25) is 0 Å². The lowest BCUT2D eigenvalue weighted by atomic mass is 9.85. The molecule has 0 unspecified atom stereocenters. The number of fused-ring (bicyclic) bond motifs is 4. The lowest BCUT2D eigenvalue weighted by Gasteiger charge is -2.24. The van der Waals surface area contributed by atoms with Gasteiger partial charge in [-0.1, -0.05) is 111 Å². The molecule has 316 valence electrons. The molecule has 0 aliphatic rings. The van der Waals surface area contributed by atoms with Gasteiger partial charge in [-0.05, 0) is 117 Å². The Morgan fingerprint density at radius 3 is 0.984 bits per heavy atom. The highest BCUT2D eigenvalue weighted by Crippen LogP contribution is 2.45. The average molecular weight is 829 g/mol. The third-order valence-electron chi connectivity index (χ3n) is 13.3. The zero-order valence-corrected chi connectivity index (χ0v) is 37.2. The number of benzene rings is 6. The van der Waals surface area contributed by atoms with Gasteiger partial charge < -0.3 is 29.4 Å². The first-order valence-electron chi connectivity index (χ1n) is 22.6. The molecular formula is C57H56N4O2. The number of nitrogens with one attached hydrogen (secondary N) is 4. The number of hydrogen-bond acceptors (Lipinski definition) is 2. The van der Waals surface area contributed by atoms with Crippen LogP contribution in [0.5, 0.6) is 11.5 Å². The van der Waals surface area contributed by atoms with Crippen LogP contribution in [0.3, 0.4) is 0 Å². The number of H-pyrrole nitrogens is 4. The van der Waals surface area contributed by atoms with E-state index in [9.17, 15) is 0 Å². The summed E-state index contributed by atoms with van der Waals surface area (Å²) in [7, 11) is 0. The van der Waals surface area contributed by atoms with Gasteiger partial charge in [0.05, 0.1) is 25.0 Å². The number of aromatic amines is 4. The predicted molar refractivity (Wildman–Crippen MR) is 261 cm³/mol. The Hall–Kier alpha value is -6.92. The summed E-state index contributed by atoms with van der Waals surface area (Å²) in [6, 6.07) is 48.3. The van der Waals surface area contributed by atoms with Crippen LogP contribution in [0.2, 0.25) is 0 Å². The Kier molecular flexibility index (Phi) is 10.7. The molecule has 6 nitrogen and oxygen atoms in total. The second-order valence-corrected chi connectivity index (χ2v) is 17.3. The number of rotatable bonds is 14. The van der Waals surface area contributed by atoms with Crippen molar-refractivity contribution in [2.45, 2.75) is 72.6 Å². The van der Waals surface area contributed by atoms with Crippen molar-refractivity contribution in [2.24, 2.45) is 0 Å². The molecule has 0 aliphatic carbocycles. The summed E-state index contributed by atoms with van der Waals surface area (Å²) in [5.74, 6) is 1.57. The number of para-hydroxylation sites is 4. The summed E-state index contributed by atoms with van der Waals surface area (Å²) < 4.78 is 13.3. The van der Waals surface area contributed by atoms with Crippen molar-refractivity contribution >= 4 is 43.6 Å². The molecule has 63 heavy (non-hydrogen) atoms. The molecule has 0 fully saturated rings. The molecule has 0 amide bonds. The molecule has 6 aromatic carbocycles. The molecule has 4 aromatic heterocycles. The standard InChI is InChI=1S/C57H56N4O2/c1-7-29-62-50-27-25-38(32-44(50)52(54-34(3)40-17-9-13-21-46(40)58-54)55-35(4)41-18-10-14-22-47(41)59-55)31-39-26-28-51(63-30-8-2)45(33-39)53(56-36(5)42-19-11-15-23-48(42)60-56)57-37(6)43-20-12-16-24-49(43)61-57/h9-28,32-33,52-53,58-61H,7-8,29-31H2,1-6H3. The number of aromatic nitrogens is 4. The van der Waals surface area contributed by atoms with Crippen LogP contribution in [0.25, 0.3) is 43.6 Å². The van der Waals surface area contributed by atoms with Gasteiger partial charge in [-0.15, -0.1) is 0 Å². The summed E-state index contributed by atoms with van der Waals surface area (Å²) in [6.45, 7) is 14.6. The molecule has 0 aliphatic heterocycles. The van der Waals surface area contributed by atoms with Crippen LogP contribution < -0.4 is 9.47 Å². The minimum atomic E-state index is -0.128. The zero-order valence-electron chi connectivity index (χ0n) is 37.2. The van der Waals surface area contributed by atoms with Crippen molar-refractivity contribution in [1.29, 1.82) is 0 Å². The van der Waals surface area contributed by atoms with Crippen molar-refractivity contribution in [3.8, 4) is 11.5 Å². The molecule has 0 radical (unpaired) electrons. The van der Waals surface area contributed by atoms with Crippen molar-refractivity contribution in [2.75, 3.05) is 13.2 Å². The SMILES string of the molecule is CCCOc1ccc(Cc2ccc(OCCC)c(C(c3[nH]c4ccccc4c3C)c3[nH]c4ccccc4c3C)c2)cc1C(c1[nH]c2ccccc2c1C)c1[nH]c2ccccc2c1C. The van der Waals surface area contributed by atoms with Gasteiger partial charge in [0.25, 0.3) is 0 Å². The Morgan fingerprint density at radius 1 is 0.397 bits per heavy atom. The van der Waals surface area contributed by atoms with E-state index in [0.29, 0.717) is 13.2 Å². The van der Waals surface area contributed by atoms with E-state index < -0.39 is 0 Å². The van der Waals surface area contributed by atoms with E-state index >= 15 is 0 Å². The maximum Gasteiger partial charge on any atom is 0.123 e. The van der Waals surface area contributed by atoms with Crippen LogP contribution in [0.1, 0.15) is 106 Å². The first kappa shape index (κ1) is 40.2. The monoisotopic (exact) mass is 828 g/mol. The minimum absolute atomic E-state index is 0.128. The van der Waals surface area contributed by atoms with Crippen LogP contribution >= 0.6 is 0 Å². The Labute approximate surface area is 369 Å². The van der Waals surface area contributed by atoms with Gasteiger partial charge in [0, 0.05) is 77.5 Å². The fraction of sp³-hybridized carbons (Fsp3) is 0.228. The molecule has 10 aromatic rings. The van der Waals surface area contributed by atoms with Gasteiger partial charge in [-0.3, -0.25) is 0 Å². The highest BCUT2D eigenvalue weighted by atomic mass is 16.5. The van der Waals surface area contributed by atoms with E-state index in [2.05, 4.69) is 195 Å². The van der Waals surface area contributed by atoms with Gasteiger partial charge in [0.1, 0.15) is 11.5 Å². The third kappa shape index (κ3) is 7.17. The molecular weight excluding hydrogens is 773 g/mol. The highest BCUT2D eigenvalue weighted by molar-refractivity contribution is 5.89. The van der Waals surface area contributed by atoms with Crippen molar-refractivity contribution in [3.63, 3.8) is 0 Å². The zero-order chi connectivity index (χ0) is 43.2. The van der Waals surface area contributed by atoms with Gasteiger partial charge in [-0.2, -0.15) is 0 Å². The number of aryl methyl sites for hydroxylation is 4. The topological polar surface area (TPSA) is 81.6 Å². The molecule has 10 rings (SSSR count). The summed E-state index contributed by atoms with van der Waals surface area (Å²) in [4.78, 5) is 15.6. The quantitative estimate of drug-likeness (QED) is 0.0880. The first-order valence-corrected chi connectivity index (χ1v) is 22.6. The van der Waals surface area contributed by atoms with Crippen molar-refractivity contribution < 1.29 is 9.47 Å². The molecule has 0 bridgehead atoms. The molecule has 0 spiro atoms. The van der Waals surface area contributed by atoms with E-state index in [1.54, 1.807) is 0 Å². The van der Waals surface area contributed by atoms with Crippen molar-refractivity contribution in [3.05, 3.63) is 201 Å². The van der Waals surface area contributed by atoms with Crippen LogP contribution in [-0.4, -0.2) is 33.1 Å². The normalized spacial score (nSPS) is 11.9. The van der Waals surface area contributed by atoms with Crippen LogP contribution in [-0.2, 0) is 6.42 Å². The maximum atomic E-state index is 6.67. The molecule has 0 atom stereocenters. The van der Waals surface area contributed by atoms with Crippen LogP contribution in [0, 0.1) is 27.7 Å². The number of hydrogen-bond donors (Lipinski definition) is 4. The van der Waals surface area contributed by atoms with E-state index in [4.69, 9.17) is 9.47 Å². The largest absolute Gasteiger partial charge is 0.493 e. The van der Waals surface area contributed by atoms with Gasteiger partial charge in [0.15, 0.2) is 0 Å². The Bertz CT molecular complexity index is 2890. The summed E-state index contributed by atoms with van der Waals surface area (Å²) >= 11 is 0. The van der Waals surface area contributed by atoms with E-state index in [1.807, 2.05) is 0 Å². The van der Waals surface area contributed by atoms with Crippen molar-refractivity contribution in [1.82, 2.24) is 19.9 Å². The lowest BCUT2D eigenvalue weighted by Crippen LogP contribution is -2.12. The lowest BCUT2D eigenvalue weighted by molar-refractivity contribution is 0.313. The van der Waals surface area contributed by atoms with E-state index in [1.165, 1.54) is 77.7 Å². The average Bonchev–Trinajstić information content (AvgIpc) is 4.04. The molecule has 4 heterocycles. The molecule has 4 N–H and O–H groups in total. The summed E-state index contributed by atoms with van der Waals surface area (Å²) in [5.41, 5.74) is 19.0. The highest BCUT2D eigenvalue weighted by Gasteiger charge is 2.31. The fourth-order valence-corrected chi connectivity index (χ4v) is 10.1. The minimum Gasteiger partial charge on any atom is -0.493 e. The van der Waals surface area contributed by atoms with E-state index in [0.717, 1.165) is 64.0 Å². The fourth-order valence-electron chi connectivity index (χ4n) is 10.1. The molecule has 6 heteroatoms. The smallest absolute Gasteiger partial charge is 0.123 e. The van der Waals surface area contributed by atoms with Gasteiger partial charge in [-0.25, -0.2) is 0 Å². The molecule has 0 saturated carbocycles. The summed E-state index contributed by atoms with van der Waals surface area (Å²) in [6.07, 6.45) is 2.58. The second kappa shape index (κ2) is 16.7. The van der Waals surface area contributed by atoms with Crippen LogP contribution in [0.15, 0.2) is 133 Å². The first-order chi connectivity index (χ1) is 30.8. The predicted octanol–water partition coefficient (Wildman–Crippen LogP) is 14.4. The molecule has 0 saturated heterocycles. The summed E-state index contributed by atoms with van der Waals surface area (Å²) in [5, 5.41) is 4.95. The number of ether oxygens (including phenoxy) is 2. The Balaban J connectivity index is 1.14. The Morgan fingerprint density at radius 2 is 0.698 bits per heavy atom. The van der Waals surface area contributed by atoms with E-state index in [-0.39, 0.29) is 11.8 Å². The second-order valence-electron chi connectivity index (χ2n) is 17.3. The third-order valence-corrected chi connectivity index (χ3v) is 13.3. The maximum absolute atomic E-state index is 6.67. The van der Waals surface area contributed by atoms with Crippen LogP contribution in [0.4, 0.5) is 0 Å². The van der Waals surface area contributed by atoms with Gasteiger partial charge >= 0.3 is 0 Å².